The van der Waals surface area contributed by atoms with Gasteiger partial charge in [-0.3, -0.25) is 4.90 Å². The zero-order valence-electron chi connectivity index (χ0n) is 12.6. The zero-order chi connectivity index (χ0) is 14.8. The topological polar surface area (TPSA) is 81.3 Å². The van der Waals surface area contributed by atoms with Gasteiger partial charge in [0.05, 0.1) is 12.1 Å². The molecule has 0 bridgehead atoms. The fraction of sp³-hybridized carbons (Fsp3) is 0.600. The highest BCUT2D eigenvalue weighted by atomic mass is 16.4. The molecule has 6 nitrogen and oxygen atoms in total. The van der Waals surface area contributed by atoms with Crippen molar-refractivity contribution in [2.45, 2.75) is 33.2 Å². The molecular weight excluding hydrogens is 268 g/mol. The summed E-state index contributed by atoms with van der Waals surface area (Å²) in [6, 6.07) is 1.93. The molecule has 3 heterocycles. The zero-order valence-corrected chi connectivity index (χ0v) is 12.6. The highest BCUT2D eigenvalue weighted by Gasteiger charge is 2.21. The Morgan fingerprint density at radius 2 is 2.00 bits per heavy atom. The molecule has 2 N–H and O–H groups in total. The van der Waals surface area contributed by atoms with Crippen LogP contribution in [-0.4, -0.2) is 34.7 Å². The molecule has 1 fully saturated rings. The molecule has 3 rings (SSSR count). The number of likely N-dealkylation sites (tertiary alicyclic amines) is 1. The van der Waals surface area contributed by atoms with Gasteiger partial charge in [0, 0.05) is 0 Å². The van der Waals surface area contributed by atoms with Gasteiger partial charge in [-0.2, -0.15) is 0 Å². The SMILES string of the molecule is Cc1cc(-c2nnc(CN3CCC(CN)CC3)o2)c(C)o1. The van der Waals surface area contributed by atoms with Crippen LogP contribution < -0.4 is 5.73 Å². The Kier molecular flexibility index (Phi) is 4.07. The number of nitrogens with zero attached hydrogens (tertiary/aromatic N) is 3. The highest BCUT2D eigenvalue weighted by molar-refractivity contribution is 5.55. The van der Waals surface area contributed by atoms with Crippen LogP contribution in [0.25, 0.3) is 11.5 Å². The minimum Gasteiger partial charge on any atom is -0.466 e. The Bertz CT molecular complexity index is 597. The Hall–Kier alpha value is -1.66. The van der Waals surface area contributed by atoms with Gasteiger partial charge in [0.2, 0.25) is 5.89 Å². The van der Waals surface area contributed by atoms with Gasteiger partial charge in [-0.25, -0.2) is 0 Å². The molecule has 0 saturated carbocycles. The molecule has 0 atom stereocenters. The first-order valence-corrected chi connectivity index (χ1v) is 7.48. The second-order valence-corrected chi connectivity index (χ2v) is 5.78. The van der Waals surface area contributed by atoms with Crippen molar-refractivity contribution >= 4 is 0 Å². The van der Waals surface area contributed by atoms with Crippen molar-refractivity contribution < 1.29 is 8.83 Å². The van der Waals surface area contributed by atoms with E-state index < -0.39 is 0 Å². The van der Waals surface area contributed by atoms with Crippen molar-refractivity contribution in [2.24, 2.45) is 11.7 Å². The van der Waals surface area contributed by atoms with Gasteiger partial charge in [0.15, 0.2) is 0 Å². The third-order valence-electron chi connectivity index (χ3n) is 4.14. The summed E-state index contributed by atoms with van der Waals surface area (Å²) >= 11 is 0. The van der Waals surface area contributed by atoms with E-state index in [1.807, 2.05) is 19.9 Å². The van der Waals surface area contributed by atoms with Crippen LogP contribution in [0.1, 0.15) is 30.3 Å². The van der Waals surface area contributed by atoms with Crippen molar-refractivity contribution in [1.29, 1.82) is 0 Å². The summed E-state index contributed by atoms with van der Waals surface area (Å²) in [7, 11) is 0. The quantitative estimate of drug-likeness (QED) is 0.929. The number of nitrogens with two attached hydrogens (primary N) is 1. The first-order chi connectivity index (χ1) is 10.2. The predicted molar refractivity (Wildman–Crippen MR) is 78.5 cm³/mol. The maximum Gasteiger partial charge on any atom is 0.251 e. The number of furan rings is 1. The summed E-state index contributed by atoms with van der Waals surface area (Å²) in [4.78, 5) is 2.34. The third kappa shape index (κ3) is 3.16. The van der Waals surface area contributed by atoms with Crippen LogP contribution in [0.3, 0.4) is 0 Å². The van der Waals surface area contributed by atoms with Gasteiger partial charge >= 0.3 is 0 Å². The van der Waals surface area contributed by atoms with E-state index in [1.54, 1.807) is 0 Å². The molecule has 1 aliphatic rings. The molecule has 0 radical (unpaired) electrons. The standard InChI is InChI=1S/C15H22N4O2/c1-10-7-13(11(2)20-10)15-18-17-14(21-15)9-19-5-3-12(8-16)4-6-19/h7,12H,3-6,8-9,16H2,1-2H3. The summed E-state index contributed by atoms with van der Waals surface area (Å²) in [5.74, 6) is 3.53. The number of hydrogen-bond donors (Lipinski definition) is 1. The monoisotopic (exact) mass is 290 g/mol. The predicted octanol–water partition coefficient (Wildman–Crippen LogP) is 2.12. The Labute approximate surface area is 124 Å². The van der Waals surface area contributed by atoms with Gasteiger partial charge in [0.25, 0.3) is 5.89 Å². The van der Waals surface area contributed by atoms with Gasteiger partial charge in [-0.15, -0.1) is 10.2 Å². The van der Waals surface area contributed by atoms with Crippen molar-refractivity contribution in [2.75, 3.05) is 19.6 Å². The Balaban J connectivity index is 1.64. The highest BCUT2D eigenvalue weighted by Crippen LogP contribution is 2.26. The van der Waals surface area contributed by atoms with Gasteiger partial charge in [0.1, 0.15) is 11.5 Å². The number of aryl methyl sites for hydroxylation is 2. The van der Waals surface area contributed by atoms with Crippen LogP contribution in [0, 0.1) is 19.8 Å². The molecule has 0 aliphatic carbocycles. The lowest BCUT2D eigenvalue weighted by atomic mass is 9.97. The van der Waals surface area contributed by atoms with Crippen molar-refractivity contribution in [3.63, 3.8) is 0 Å². The number of aromatic nitrogens is 2. The fourth-order valence-electron chi connectivity index (χ4n) is 2.84. The molecule has 114 valence electrons. The van der Waals surface area contributed by atoms with Gasteiger partial charge < -0.3 is 14.6 Å². The summed E-state index contributed by atoms with van der Waals surface area (Å²) in [6.45, 7) is 7.41. The second-order valence-electron chi connectivity index (χ2n) is 5.78. The van der Waals surface area contributed by atoms with E-state index in [0.717, 1.165) is 49.6 Å². The molecule has 21 heavy (non-hydrogen) atoms. The molecule has 2 aromatic heterocycles. The first-order valence-electron chi connectivity index (χ1n) is 7.48. The van der Waals surface area contributed by atoms with Crippen LogP contribution in [0.15, 0.2) is 14.9 Å². The van der Waals surface area contributed by atoms with Crippen molar-refractivity contribution in [3.8, 4) is 11.5 Å². The molecule has 0 amide bonds. The van der Waals surface area contributed by atoms with E-state index >= 15 is 0 Å². The lowest BCUT2D eigenvalue weighted by Gasteiger charge is -2.30. The maximum absolute atomic E-state index is 5.77. The third-order valence-corrected chi connectivity index (χ3v) is 4.14. The number of hydrogen-bond acceptors (Lipinski definition) is 6. The molecule has 1 aliphatic heterocycles. The second kappa shape index (κ2) is 5.99. The number of piperidine rings is 1. The average Bonchev–Trinajstić information content (AvgIpc) is 3.06. The average molecular weight is 290 g/mol. The molecule has 2 aromatic rings. The molecule has 0 aromatic carbocycles. The Morgan fingerprint density at radius 1 is 1.24 bits per heavy atom. The normalized spacial score (nSPS) is 17.5. The van der Waals surface area contributed by atoms with E-state index in [2.05, 4.69) is 15.1 Å². The summed E-state index contributed by atoms with van der Waals surface area (Å²) < 4.78 is 11.3. The maximum atomic E-state index is 5.77. The van der Waals surface area contributed by atoms with Crippen molar-refractivity contribution in [1.82, 2.24) is 15.1 Å². The van der Waals surface area contributed by atoms with E-state index in [0.29, 0.717) is 24.2 Å². The minimum absolute atomic E-state index is 0.538. The molecule has 1 saturated heterocycles. The summed E-state index contributed by atoms with van der Waals surface area (Å²) in [5, 5.41) is 8.29. The van der Waals surface area contributed by atoms with E-state index in [9.17, 15) is 0 Å². The lowest BCUT2D eigenvalue weighted by molar-refractivity contribution is 0.167. The van der Waals surface area contributed by atoms with Crippen LogP contribution in [0.5, 0.6) is 0 Å². The van der Waals surface area contributed by atoms with Gasteiger partial charge in [-0.05, 0) is 58.3 Å². The van der Waals surface area contributed by atoms with Crippen LogP contribution in [0.2, 0.25) is 0 Å². The molecule has 6 heteroatoms. The van der Waals surface area contributed by atoms with E-state index in [1.165, 1.54) is 0 Å². The minimum atomic E-state index is 0.538. The van der Waals surface area contributed by atoms with E-state index in [-0.39, 0.29) is 0 Å². The molecule has 0 unspecified atom stereocenters. The van der Waals surface area contributed by atoms with Crippen molar-refractivity contribution in [3.05, 3.63) is 23.5 Å². The number of rotatable bonds is 4. The largest absolute Gasteiger partial charge is 0.466 e. The molecular formula is C15H22N4O2. The van der Waals surface area contributed by atoms with Crippen LogP contribution >= 0.6 is 0 Å². The van der Waals surface area contributed by atoms with E-state index in [4.69, 9.17) is 14.6 Å². The smallest absolute Gasteiger partial charge is 0.251 e. The summed E-state index contributed by atoms with van der Waals surface area (Å²) in [5.41, 5.74) is 6.60. The first kappa shape index (κ1) is 14.3. The van der Waals surface area contributed by atoms with Crippen LogP contribution in [-0.2, 0) is 6.54 Å². The fourth-order valence-corrected chi connectivity index (χ4v) is 2.84. The van der Waals surface area contributed by atoms with Crippen LogP contribution in [0.4, 0.5) is 0 Å². The Morgan fingerprint density at radius 3 is 2.62 bits per heavy atom. The lowest BCUT2D eigenvalue weighted by Crippen LogP contribution is -2.35. The summed E-state index contributed by atoms with van der Waals surface area (Å²) in [6.07, 6.45) is 2.30. The molecule has 0 spiro atoms. The van der Waals surface area contributed by atoms with Gasteiger partial charge in [-0.1, -0.05) is 0 Å².